The summed E-state index contributed by atoms with van der Waals surface area (Å²) >= 11 is 12.0. The molecule has 0 heterocycles. The Bertz CT molecular complexity index is 951. The van der Waals surface area contributed by atoms with Gasteiger partial charge in [-0.25, -0.2) is 8.42 Å². The lowest BCUT2D eigenvalue weighted by Gasteiger charge is -2.24. The van der Waals surface area contributed by atoms with Gasteiger partial charge in [0.05, 0.1) is 23.0 Å². The van der Waals surface area contributed by atoms with Crippen LogP contribution in [0.4, 0.5) is 5.69 Å². The van der Waals surface area contributed by atoms with Crippen molar-refractivity contribution in [2.24, 2.45) is 0 Å². The summed E-state index contributed by atoms with van der Waals surface area (Å²) in [4.78, 5) is 12.4. The number of anilines is 1. The van der Waals surface area contributed by atoms with Crippen molar-refractivity contribution >= 4 is 44.8 Å². The van der Waals surface area contributed by atoms with Crippen molar-refractivity contribution in [3.05, 3.63) is 58.1 Å². The maximum absolute atomic E-state index is 12.4. The third-order valence-corrected chi connectivity index (χ3v) is 5.52. The Morgan fingerprint density at radius 1 is 1.21 bits per heavy atom. The van der Waals surface area contributed by atoms with Gasteiger partial charge in [0.15, 0.2) is 0 Å². The SMILES string of the molecule is Cc1ccccc1OC[C@@H](C)NC(=O)CN(c1ccc(Cl)cc1Cl)S(C)(=O)=O. The number of aryl methyl sites for hydroxylation is 1. The Morgan fingerprint density at radius 3 is 2.50 bits per heavy atom. The number of amides is 1. The monoisotopic (exact) mass is 444 g/mol. The molecule has 0 fully saturated rings. The summed E-state index contributed by atoms with van der Waals surface area (Å²) in [5.41, 5.74) is 1.18. The first kappa shape index (κ1) is 22.3. The Balaban J connectivity index is 2.02. The molecule has 0 spiro atoms. The molecule has 0 unspecified atom stereocenters. The molecule has 0 saturated carbocycles. The lowest BCUT2D eigenvalue weighted by Crippen LogP contribution is -2.45. The van der Waals surface area contributed by atoms with E-state index >= 15 is 0 Å². The largest absolute Gasteiger partial charge is 0.491 e. The van der Waals surface area contributed by atoms with Crippen LogP contribution in [0, 0.1) is 6.92 Å². The summed E-state index contributed by atoms with van der Waals surface area (Å²) in [6.07, 6.45) is 1.01. The highest BCUT2D eigenvalue weighted by atomic mass is 35.5. The summed E-state index contributed by atoms with van der Waals surface area (Å²) in [6, 6.07) is 11.6. The molecule has 9 heteroatoms. The van der Waals surface area contributed by atoms with E-state index < -0.39 is 22.5 Å². The lowest BCUT2D eigenvalue weighted by molar-refractivity contribution is -0.120. The van der Waals surface area contributed by atoms with Gasteiger partial charge in [0.1, 0.15) is 18.9 Å². The lowest BCUT2D eigenvalue weighted by atomic mass is 10.2. The number of rotatable bonds is 8. The van der Waals surface area contributed by atoms with Gasteiger partial charge >= 0.3 is 0 Å². The average Bonchev–Trinajstić information content (AvgIpc) is 2.58. The second-order valence-corrected chi connectivity index (χ2v) is 9.16. The molecule has 0 saturated heterocycles. The third kappa shape index (κ3) is 6.29. The zero-order chi connectivity index (χ0) is 20.9. The maximum atomic E-state index is 12.4. The molecule has 0 aromatic heterocycles. The molecule has 152 valence electrons. The van der Waals surface area contributed by atoms with Gasteiger partial charge in [-0.3, -0.25) is 9.10 Å². The summed E-state index contributed by atoms with van der Waals surface area (Å²) in [6.45, 7) is 3.54. The van der Waals surface area contributed by atoms with Gasteiger partial charge in [-0.15, -0.1) is 0 Å². The van der Waals surface area contributed by atoms with Crippen LogP contribution in [0.5, 0.6) is 5.75 Å². The number of nitrogens with zero attached hydrogens (tertiary/aromatic N) is 1. The van der Waals surface area contributed by atoms with Crippen molar-refractivity contribution in [2.45, 2.75) is 19.9 Å². The summed E-state index contributed by atoms with van der Waals surface area (Å²) in [5, 5.41) is 3.24. The number of hydrogen-bond acceptors (Lipinski definition) is 4. The number of sulfonamides is 1. The van der Waals surface area contributed by atoms with Crippen LogP contribution < -0.4 is 14.4 Å². The second kappa shape index (κ2) is 9.49. The minimum absolute atomic E-state index is 0.140. The van der Waals surface area contributed by atoms with E-state index in [9.17, 15) is 13.2 Å². The van der Waals surface area contributed by atoms with Gasteiger partial charge in [0.2, 0.25) is 15.9 Å². The molecule has 1 atom stereocenters. The van der Waals surface area contributed by atoms with Crippen LogP contribution in [0.2, 0.25) is 10.0 Å². The van der Waals surface area contributed by atoms with E-state index in [1.165, 1.54) is 18.2 Å². The smallest absolute Gasteiger partial charge is 0.241 e. The Morgan fingerprint density at radius 2 is 1.89 bits per heavy atom. The number of carbonyl (C=O) groups excluding carboxylic acids is 1. The van der Waals surface area contributed by atoms with E-state index in [0.29, 0.717) is 5.02 Å². The fourth-order valence-corrected chi connectivity index (χ4v) is 3.92. The fraction of sp³-hybridized carbons (Fsp3) is 0.316. The molecule has 0 radical (unpaired) electrons. The first-order valence-corrected chi connectivity index (χ1v) is 11.1. The number of hydrogen-bond donors (Lipinski definition) is 1. The van der Waals surface area contributed by atoms with Crippen molar-refractivity contribution in [3.8, 4) is 5.75 Å². The predicted octanol–water partition coefficient (Wildman–Crippen LogP) is 3.65. The summed E-state index contributed by atoms with van der Waals surface area (Å²) in [5.74, 6) is 0.256. The Kier molecular flexibility index (Phi) is 7.57. The molecule has 28 heavy (non-hydrogen) atoms. The maximum Gasteiger partial charge on any atom is 0.241 e. The zero-order valence-corrected chi connectivity index (χ0v) is 18.1. The topological polar surface area (TPSA) is 75.7 Å². The van der Waals surface area contributed by atoms with Crippen LogP contribution >= 0.6 is 23.2 Å². The minimum Gasteiger partial charge on any atom is -0.491 e. The number of ether oxygens (including phenoxy) is 1. The Hall–Kier alpha value is -1.96. The van der Waals surface area contributed by atoms with E-state index in [2.05, 4.69) is 5.32 Å². The fourth-order valence-electron chi connectivity index (χ4n) is 2.49. The number of para-hydroxylation sites is 1. The van der Waals surface area contributed by atoms with Gasteiger partial charge in [-0.05, 0) is 43.7 Å². The molecule has 2 aromatic carbocycles. The van der Waals surface area contributed by atoms with Crippen molar-refractivity contribution < 1.29 is 17.9 Å². The van der Waals surface area contributed by atoms with Crippen molar-refractivity contribution in [1.82, 2.24) is 5.32 Å². The normalized spacial score (nSPS) is 12.3. The van der Waals surface area contributed by atoms with Crippen molar-refractivity contribution in [3.63, 3.8) is 0 Å². The first-order chi connectivity index (χ1) is 13.1. The predicted molar refractivity (Wildman–Crippen MR) is 113 cm³/mol. The number of nitrogens with one attached hydrogen (secondary N) is 1. The molecule has 1 N–H and O–H groups in total. The average molecular weight is 445 g/mol. The third-order valence-electron chi connectivity index (χ3n) is 3.86. The highest BCUT2D eigenvalue weighted by Gasteiger charge is 2.24. The van der Waals surface area contributed by atoms with Gasteiger partial charge in [0, 0.05) is 5.02 Å². The first-order valence-electron chi connectivity index (χ1n) is 8.48. The van der Waals surface area contributed by atoms with Gasteiger partial charge in [-0.2, -0.15) is 0 Å². The van der Waals surface area contributed by atoms with Crippen molar-refractivity contribution in [2.75, 3.05) is 23.7 Å². The second-order valence-electron chi connectivity index (χ2n) is 6.41. The van der Waals surface area contributed by atoms with E-state index in [1.807, 2.05) is 31.2 Å². The zero-order valence-electron chi connectivity index (χ0n) is 15.8. The number of halogens is 2. The molecule has 2 rings (SSSR count). The van der Waals surface area contributed by atoms with Gasteiger partial charge in [-0.1, -0.05) is 41.4 Å². The van der Waals surface area contributed by atoms with Gasteiger partial charge < -0.3 is 10.1 Å². The molecule has 0 bridgehead atoms. The van der Waals surface area contributed by atoms with E-state index in [4.69, 9.17) is 27.9 Å². The molecular weight excluding hydrogens is 423 g/mol. The molecule has 0 aliphatic carbocycles. The molecule has 0 aliphatic heterocycles. The molecule has 1 amide bonds. The van der Waals surface area contributed by atoms with E-state index in [0.717, 1.165) is 21.9 Å². The van der Waals surface area contributed by atoms with Crippen LogP contribution in [0.15, 0.2) is 42.5 Å². The summed E-state index contributed by atoms with van der Waals surface area (Å²) < 4.78 is 31.0. The molecular formula is C19H22Cl2N2O4S. The molecule has 2 aromatic rings. The minimum atomic E-state index is -3.73. The standard InChI is InChI=1S/C19H22Cl2N2O4S/c1-13-6-4-5-7-18(13)27-12-14(2)22-19(24)11-23(28(3,25)26)17-9-8-15(20)10-16(17)21/h4-10,14H,11-12H2,1-3H3,(H,22,24)/t14-/m1/s1. The van der Waals surface area contributed by atoms with Crippen LogP contribution in [0.25, 0.3) is 0 Å². The van der Waals surface area contributed by atoms with Crippen LogP contribution in [-0.2, 0) is 14.8 Å². The summed E-state index contributed by atoms with van der Waals surface area (Å²) in [7, 11) is -3.73. The van der Waals surface area contributed by atoms with Crippen LogP contribution in [-0.4, -0.2) is 39.8 Å². The van der Waals surface area contributed by atoms with Gasteiger partial charge in [0.25, 0.3) is 0 Å². The number of benzene rings is 2. The van der Waals surface area contributed by atoms with Crippen molar-refractivity contribution in [1.29, 1.82) is 0 Å². The molecule has 0 aliphatic rings. The van der Waals surface area contributed by atoms with E-state index in [1.54, 1.807) is 6.92 Å². The highest BCUT2D eigenvalue weighted by molar-refractivity contribution is 7.92. The number of carbonyl (C=O) groups is 1. The quantitative estimate of drug-likeness (QED) is 0.673. The molecule has 6 nitrogen and oxygen atoms in total. The Labute approximate surface area is 175 Å². The van der Waals surface area contributed by atoms with E-state index in [-0.39, 0.29) is 23.4 Å². The van der Waals surface area contributed by atoms with Crippen LogP contribution in [0.1, 0.15) is 12.5 Å². The highest BCUT2D eigenvalue weighted by Crippen LogP contribution is 2.30. The van der Waals surface area contributed by atoms with Crippen LogP contribution in [0.3, 0.4) is 0 Å².